The van der Waals surface area contributed by atoms with Crippen molar-refractivity contribution in [1.82, 2.24) is 0 Å². The molecule has 1 atom stereocenters. The Kier molecular flexibility index (Phi) is 5.88. The molecule has 3 aromatic carbocycles. The summed E-state index contributed by atoms with van der Waals surface area (Å²) in [6.45, 7) is 8.67. The van der Waals surface area contributed by atoms with Crippen molar-refractivity contribution < 1.29 is 14.3 Å². The molecule has 1 fully saturated rings. The van der Waals surface area contributed by atoms with Gasteiger partial charge in [-0.1, -0.05) is 74.5 Å². The fraction of sp³-hybridized carbons (Fsp3) is 0.286. The lowest BCUT2D eigenvalue weighted by molar-refractivity contribution is -0.139. The first kappa shape index (κ1) is 21.8. The van der Waals surface area contributed by atoms with Gasteiger partial charge in [-0.25, -0.2) is 0 Å². The summed E-state index contributed by atoms with van der Waals surface area (Å²) < 4.78 is 5.65. The van der Waals surface area contributed by atoms with Crippen molar-refractivity contribution in [2.75, 3.05) is 11.4 Å². The number of amides is 1. The molecule has 0 spiro atoms. The molecule has 0 unspecified atom stereocenters. The second-order valence-electron chi connectivity index (χ2n) is 9.08. The van der Waals surface area contributed by atoms with E-state index in [0.29, 0.717) is 12.3 Å². The van der Waals surface area contributed by atoms with Crippen LogP contribution in [-0.4, -0.2) is 18.4 Å². The molecule has 0 radical (unpaired) electrons. The standard InChI is InChI=1S/C28H29NO3/c1-19-9-8-10-20(2)26(19)29-18-21(17-25(29)30)27(31)32-24-15-13-23(14-16-24)28(3,4)22-11-6-5-7-12-22/h5-16,21H,17-18H2,1-4H3/t21-/m1/s1. The zero-order valence-electron chi connectivity index (χ0n) is 19.1. The minimum absolute atomic E-state index is 0.0377. The molecule has 0 aromatic heterocycles. The number of ether oxygens (including phenoxy) is 1. The van der Waals surface area contributed by atoms with E-state index in [9.17, 15) is 9.59 Å². The van der Waals surface area contributed by atoms with Crippen LogP contribution in [0.5, 0.6) is 5.75 Å². The minimum atomic E-state index is -0.470. The molecule has 0 bridgehead atoms. The third-order valence-electron chi connectivity index (χ3n) is 6.46. The van der Waals surface area contributed by atoms with Crippen molar-refractivity contribution in [3.05, 3.63) is 95.1 Å². The normalized spacial score (nSPS) is 16.3. The average molecular weight is 428 g/mol. The molecule has 1 heterocycles. The first-order valence-electron chi connectivity index (χ1n) is 11.0. The van der Waals surface area contributed by atoms with E-state index in [0.717, 1.165) is 22.4 Å². The Morgan fingerprint density at radius 1 is 0.875 bits per heavy atom. The van der Waals surface area contributed by atoms with Crippen molar-refractivity contribution >= 4 is 17.6 Å². The minimum Gasteiger partial charge on any atom is -0.426 e. The van der Waals surface area contributed by atoms with Crippen LogP contribution < -0.4 is 9.64 Å². The number of esters is 1. The van der Waals surface area contributed by atoms with E-state index in [2.05, 4.69) is 26.0 Å². The monoisotopic (exact) mass is 427 g/mol. The molecule has 1 amide bonds. The zero-order chi connectivity index (χ0) is 22.9. The molecule has 0 N–H and O–H groups in total. The van der Waals surface area contributed by atoms with Gasteiger partial charge in [-0.15, -0.1) is 0 Å². The van der Waals surface area contributed by atoms with E-state index in [1.54, 1.807) is 4.90 Å². The number of hydrogen-bond donors (Lipinski definition) is 0. The van der Waals surface area contributed by atoms with Crippen molar-refractivity contribution in [1.29, 1.82) is 0 Å². The predicted molar refractivity (Wildman–Crippen MR) is 127 cm³/mol. The lowest BCUT2D eigenvalue weighted by Gasteiger charge is -2.26. The molecule has 4 heteroatoms. The summed E-state index contributed by atoms with van der Waals surface area (Å²) in [4.78, 5) is 27.2. The van der Waals surface area contributed by atoms with Crippen LogP contribution in [0.25, 0.3) is 0 Å². The van der Waals surface area contributed by atoms with E-state index in [-0.39, 0.29) is 23.7 Å². The Bertz CT molecular complexity index is 1110. The Hall–Kier alpha value is -3.40. The van der Waals surface area contributed by atoms with Crippen molar-refractivity contribution in [3.8, 4) is 5.75 Å². The molecular weight excluding hydrogens is 398 g/mol. The van der Waals surface area contributed by atoms with Crippen molar-refractivity contribution in [2.45, 2.75) is 39.5 Å². The van der Waals surface area contributed by atoms with Crippen LogP contribution in [0, 0.1) is 19.8 Å². The zero-order valence-corrected chi connectivity index (χ0v) is 19.1. The molecule has 0 saturated carbocycles. The predicted octanol–water partition coefficient (Wildman–Crippen LogP) is 5.59. The highest BCUT2D eigenvalue weighted by Crippen LogP contribution is 2.33. The maximum Gasteiger partial charge on any atom is 0.316 e. The summed E-state index contributed by atoms with van der Waals surface area (Å²) >= 11 is 0. The summed E-state index contributed by atoms with van der Waals surface area (Å²) in [6, 6.07) is 23.9. The number of carbonyl (C=O) groups excluding carboxylic acids is 2. The lowest BCUT2D eigenvalue weighted by atomic mass is 9.78. The van der Waals surface area contributed by atoms with Gasteiger partial charge in [0.2, 0.25) is 5.91 Å². The van der Waals surface area contributed by atoms with Gasteiger partial charge in [-0.05, 0) is 48.2 Å². The summed E-state index contributed by atoms with van der Waals surface area (Å²) in [5.41, 5.74) is 5.17. The molecule has 1 saturated heterocycles. The summed E-state index contributed by atoms with van der Waals surface area (Å²) in [7, 11) is 0. The van der Waals surface area contributed by atoms with Gasteiger partial charge in [0.1, 0.15) is 5.75 Å². The van der Waals surface area contributed by atoms with Crippen molar-refractivity contribution in [3.63, 3.8) is 0 Å². The smallest absolute Gasteiger partial charge is 0.316 e. The fourth-order valence-electron chi connectivity index (χ4n) is 4.47. The number of nitrogens with zero attached hydrogens (tertiary/aromatic N) is 1. The first-order valence-corrected chi connectivity index (χ1v) is 11.0. The van der Waals surface area contributed by atoms with Gasteiger partial charge in [0.15, 0.2) is 0 Å². The second-order valence-corrected chi connectivity index (χ2v) is 9.08. The van der Waals surface area contributed by atoms with Crippen molar-refractivity contribution in [2.24, 2.45) is 5.92 Å². The molecule has 1 aliphatic heterocycles. The van der Waals surface area contributed by atoms with Gasteiger partial charge in [-0.2, -0.15) is 0 Å². The highest BCUT2D eigenvalue weighted by molar-refractivity contribution is 6.00. The van der Waals surface area contributed by atoms with Gasteiger partial charge in [-0.3, -0.25) is 9.59 Å². The Morgan fingerprint density at radius 3 is 2.09 bits per heavy atom. The summed E-state index contributed by atoms with van der Waals surface area (Å²) in [5.74, 6) is -0.367. The molecule has 32 heavy (non-hydrogen) atoms. The third-order valence-corrected chi connectivity index (χ3v) is 6.46. The van der Waals surface area contributed by atoms with E-state index >= 15 is 0 Å². The van der Waals surface area contributed by atoms with Gasteiger partial charge >= 0.3 is 5.97 Å². The molecular formula is C28H29NO3. The van der Waals surface area contributed by atoms with Gasteiger partial charge < -0.3 is 9.64 Å². The van der Waals surface area contributed by atoms with E-state index in [1.165, 1.54) is 5.56 Å². The third kappa shape index (κ3) is 4.18. The highest BCUT2D eigenvalue weighted by atomic mass is 16.5. The van der Waals surface area contributed by atoms with Crippen LogP contribution in [0.15, 0.2) is 72.8 Å². The SMILES string of the molecule is Cc1cccc(C)c1N1C[C@H](C(=O)Oc2ccc(C(C)(C)c3ccccc3)cc2)CC1=O. The summed E-state index contributed by atoms with van der Waals surface area (Å²) in [6.07, 6.45) is 0.172. The molecule has 3 aromatic rings. The number of rotatable bonds is 5. The van der Waals surface area contributed by atoms with Crippen LogP contribution >= 0.6 is 0 Å². The molecule has 0 aliphatic carbocycles. The summed E-state index contributed by atoms with van der Waals surface area (Å²) in [5, 5.41) is 0. The van der Waals surface area contributed by atoms with Crippen LogP contribution in [0.1, 0.15) is 42.5 Å². The second kappa shape index (κ2) is 8.62. The maximum absolute atomic E-state index is 12.8. The largest absolute Gasteiger partial charge is 0.426 e. The Balaban J connectivity index is 1.45. The maximum atomic E-state index is 12.8. The first-order chi connectivity index (χ1) is 15.3. The molecule has 4 rings (SSSR count). The van der Waals surface area contributed by atoms with Gasteiger partial charge in [0.05, 0.1) is 5.92 Å². The van der Waals surface area contributed by atoms with Crippen LogP contribution in [-0.2, 0) is 15.0 Å². The fourth-order valence-corrected chi connectivity index (χ4v) is 4.47. The number of para-hydroxylation sites is 1. The van der Waals surface area contributed by atoms with Crippen LogP contribution in [0.2, 0.25) is 0 Å². The van der Waals surface area contributed by atoms with Crippen LogP contribution in [0.4, 0.5) is 5.69 Å². The Labute approximate surface area is 189 Å². The number of hydrogen-bond acceptors (Lipinski definition) is 3. The number of benzene rings is 3. The Morgan fingerprint density at radius 2 is 1.47 bits per heavy atom. The van der Waals surface area contributed by atoms with Crippen LogP contribution in [0.3, 0.4) is 0 Å². The average Bonchev–Trinajstić information content (AvgIpc) is 3.16. The highest BCUT2D eigenvalue weighted by Gasteiger charge is 2.37. The molecule has 1 aliphatic rings. The topological polar surface area (TPSA) is 46.6 Å². The number of aryl methyl sites for hydroxylation is 2. The van der Waals surface area contributed by atoms with Gasteiger partial charge in [0, 0.05) is 24.1 Å². The molecule has 164 valence electrons. The van der Waals surface area contributed by atoms with E-state index in [1.807, 2.05) is 74.5 Å². The number of anilines is 1. The molecule has 4 nitrogen and oxygen atoms in total. The quantitative estimate of drug-likeness (QED) is 0.394. The van der Waals surface area contributed by atoms with Gasteiger partial charge in [0.25, 0.3) is 0 Å². The van der Waals surface area contributed by atoms with E-state index < -0.39 is 5.92 Å². The van der Waals surface area contributed by atoms with E-state index in [4.69, 9.17) is 4.74 Å². The lowest BCUT2D eigenvalue weighted by Crippen LogP contribution is -2.28. The number of carbonyl (C=O) groups is 2.